The van der Waals surface area contributed by atoms with E-state index in [1.54, 1.807) is 18.2 Å². The number of primary amides is 1. The summed E-state index contributed by atoms with van der Waals surface area (Å²) in [5, 5.41) is 2.22. The minimum Gasteiger partial charge on any atom is -0.533 e. The molecule has 0 saturated carbocycles. The van der Waals surface area contributed by atoms with Gasteiger partial charge in [-0.1, -0.05) is 130 Å². The molecule has 4 nitrogen and oxygen atoms in total. The zero-order chi connectivity index (χ0) is 33.4. The number of halogens is 1. The largest absolute Gasteiger partial charge is 0.533 e. The Labute approximate surface area is 278 Å². The maximum absolute atomic E-state index is 14.4. The molecule has 0 spiro atoms. The summed E-state index contributed by atoms with van der Waals surface area (Å²) in [6.45, 7) is 10.8. The third-order valence-corrected chi connectivity index (χ3v) is 13.4. The van der Waals surface area contributed by atoms with E-state index < -0.39 is 14.2 Å². The molecule has 2 N–H and O–H groups in total. The molecule has 0 saturated heterocycles. The highest BCUT2D eigenvalue weighted by Crippen LogP contribution is 2.38. The molecule has 238 valence electrons. The highest BCUT2D eigenvalue weighted by atomic mass is 28.4. The van der Waals surface area contributed by atoms with Crippen LogP contribution in [0.15, 0.2) is 140 Å². The number of hydrogen-bond donors (Lipinski definition) is 1. The Bertz CT molecular complexity index is 1810. The first-order valence-corrected chi connectivity index (χ1v) is 17.7. The lowest BCUT2D eigenvalue weighted by Gasteiger charge is -2.42. The Kier molecular flexibility index (Phi) is 10.3. The second kappa shape index (κ2) is 14.6. The first-order valence-electron chi connectivity index (χ1n) is 15.8. The van der Waals surface area contributed by atoms with E-state index in [-0.39, 0.29) is 23.2 Å². The fourth-order valence-corrected chi connectivity index (χ4v) is 10.6. The minimum atomic E-state index is -2.80. The number of nitrogens with two attached hydrogens (primary N) is 1. The second-order valence-corrected chi connectivity index (χ2v) is 16.9. The number of rotatable bonds is 12. The number of hydrogen-bond acceptors (Lipinski definition) is 3. The zero-order valence-electron chi connectivity index (χ0n) is 27.2. The summed E-state index contributed by atoms with van der Waals surface area (Å²) >= 11 is 0. The standard InChI is InChI=1S/C41H41FN2O2Si/c1-5-14-37(31-16-12-17-32(27-31)38-28-33(42)24-23-30(38)15-13-22-40(43)45)39-26-25-34(29-44-39)46-47(41(2,3)4,35-18-8-6-9-19-35)36-20-10-7-11-21-36/h5-13,15-21,23-29,37H,1,14,22H2,2-4H3,(H2,43,45). The van der Waals surface area contributed by atoms with Crippen LogP contribution in [0.4, 0.5) is 4.39 Å². The van der Waals surface area contributed by atoms with Gasteiger partial charge in [-0.05, 0) is 68.4 Å². The van der Waals surface area contributed by atoms with E-state index in [2.05, 4.69) is 88.0 Å². The molecule has 0 aliphatic rings. The van der Waals surface area contributed by atoms with Crippen molar-refractivity contribution in [2.75, 3.05) is 0 Å². The minimum absolute atomic E-state index is 0.0724. The summed E-state index contributed by atoms with van der Waals surface area (Å²) in [4.78, 5) is 16.2. The third kappa shape index (κ3) is 7.50. The molecule has 0 radical (unpaired) electrons. The molecule has 0 aliphatic carbocycles. The van der Waals surface area contributed by atoms with Crippen molar-refractivity contribution in [3.05, 3.63) is 163 Å². The number of nitrogens with zero attached hydrogens (tertiary/aromatic N) is 1. The van der Waals surface area contributed by atoms with Gasteiger partial charge in [0.1, 0.15) is 11.6 Å². The van der Waals surface area contributed by atoms with Crippen LogP contribution in [0.1, 0.15) is 56.4 Å². The summed E-state index contributed by atoms with van der Waals surface area (Å²) in [6.07, 6.45) is 8.01. The van der Waals surface area contributed by atoms with Crippen LogP contribution in [-0.2, 0) is 4.79 Å². The topological polar surface area (TPSA) is 65.2 Å². The monoisotopic (exact) mass is 640 g/mol. The van der Waals surface area contributed by atoms with Crippen LogP contribution >= 0.6 is 0 Å². The zero-order valence-corrected chi connectivity index (χ0v) is 28.2. The molecule has 0 aliphatic heterocycles. The van der Waals surface area contributed by atoms with Crippen LogP contribution in [0.2, 0.25) is 5.04 Å². The van der Waals surface area contributed by atoms with Gasteiger partial charge in [-0.15, -0.1) is 6.58 Å². The smallest absolute Gasteiger partial charge is 0.320 e. The van der Waals surface area contributed by atoms with Crippen LogP contribution in [0.5, 0.6) is 5.75 Å². The molecular weight excluding hydrogens is 600 g/mol. The number of aromatic nitrogens is 1. The fourth-order valence-electron chi connectivity index (χ4n) is 6.23. The van der Waals surface area contributed by atoms with Crippen LogP contribution in [0, 0.1) is 5.82 Å². The molecule has 1 unspecified atom stereocenters. The van der Waals surface area contributed by atoms with Crippen molar-refractivity contribution in [2.24, 2.45) is 5.73 Å². The first-order chi connectivity index (χ1) is 22.6. The Morgan fingerprint density at radius 2 is 1.60 bits per heavy atom. The van der Waals surface area contributed by atoms with E-state index in [4.69, 9.17) is 15.1 Å². The molecule has 1 amide bonds. The van der Waals surface area contributed by atoms with Gasteiger partial charge < -0.3 is 10.2 Å². The highest BCUT2D eigenvalue weighted by molar-refractivity contribution is 7.00. The van der Waals surface area contributed by atoms with Gasteiger partial charge in [0.15, 0.2) is 0 Å². The average molecular weight is 641 g/mol. The van der Waals surface area contributed by atoms with E-state index in [0.29, 0.717) is 6.42 Å². The predicted molar refractivity (Wildman–Crippen MR) is 194 cm³/mol. The summed E-state index contributed by atoms with van der Waals surface area (Å²) in [5.74, 6) is -0.106. The molecule has 6 heteroatoms. The molecule has 1 aromatic heterocycles. The molecule has 5 rings (SSSR count). The Morgan fingerprint density at radius 3 is 2.17 bits per heavy atom. The maximum Gasteiger partial charge on any atom is 0.320 e. The van der Waals surface area contributed by atoms with E-state index in [1.165, 1.54) is 22.5 Å². The van der Waals surface area contributed by atoms with Gasteiger partial charge >= 0.3 is 8.32 Å². The molecule has 4 aromatic carbocycles. The molecule has 1 atom stereocenters. The van der Waals surface area contributed by atoms with Crippen LogP contribution in [0.25, 0.3) is 17.2 Å². The molecular formula is C41H41FN2O2Si. The second-order valence-electron chi connectivity index (χ2n) is 12.7. The van der Waals surface area contributed by atoms with Crippen LogP contribution < -0.4 is 20.5 Å². The number of carbonyl (C=O) groups excluding carboxylic acids is 1. The summed E-state index contributed by atoms with van der Waals surface area (Å²) in [6, 6.07) is 37.9. The third-order valence-electron chi connectivity index (χ3n) is 8.44. The maximum atomic E-state index is 14.4. The van der Waals surface area contributed by atoms with Gasteiger partial charge in [-0.3, -0.25) is 9.78 Å². The lowest BCUT2D eigenvalue weighted by molar-refractivity contribution is -0.117. The fraction of sp³-hybridized carbons (Fsp3) is 0.171. The van der Waals surface area contributed by atoms with E-state index in [9.17, 15) is 9.18 Å². The average Bonchev–Trinajstić information content (AvgIpc) is 3.07. The van der Waals surface area contributed by atoms with E-state index >= 15 is 0 Å². The normalized spacial score (nSPS) is 12.5. The van der Waals surface area contributed by atoms with Crippen molar-refractivity contribution in [2.45, 2.75) is 44.6 Å². The molecule has 5 aromatic rings. The van der Waals surface area contributed by atoms with Gasteiger partial charge in [0.25, 0.3) is 0 Å². The first kappa shape index (κ1) is 33.3. The van der Waals surface area contributed by atoms with Crippen molar-refractivity contribution >= 4 is 30.7 Å². The SMILES string of the molecule is C=CCC(c1cccc(-c2cc(F)ccc2C=CCC(N)=O)c1)c1ccc(O[Si](c2ccccc2)(c2ccccc2)C(C)(C)C)cn1. The number of allylic oxidation sites excluding steroid dienone is 1. The Balaban J connectivity index is 1.51. The number of benzene rings is 4. The lowest BCUT2D eigenvalue weighted by atomic mass is 9.89. The Hall–Kier alpha value is -5.07. The number of pyridine rings is 1. The molecule has 0 fully saturated rings. The van der Waals surface area contributed by atoms with Crippen molar-refractivity contribution in [3.63, 3.8) is 0 Å². The van der Waals surface area contributed by atoms with E-state index in [1.807, 2.05) is 48.7 Å². The van der Waals surface area contributed by atoms with Gasteiger partial charge in [-0.25, -0.2) is 4.39 Å². The van der Waals surface area contributed by atoms with Crippen molar-refractivity contribution < 1.29 is 13.6 Å². The number of amides is 1. The van der Waals surface area contributed by atoms with Gasteiger partial charge in [0, 0.05) is 18.0 Å². The molecule has 1 heterocycles. The predicted octanol–water partition coefficient (Wildman–Crippen LogP) is 8.42. The number of carbonyl (C=O) groups is 1. The van der Waals surface area contributed by atoms with Crippen molar-refractivity contribution in [1.82, 2.24) is 4.98 Å². The summed E-state index contributed by atoms with van der Waals surface area (Å²) in [7, 11) is -2.80. The molecule has 47 heavy (non-hydrogen) atoms. The van der Waals surface area contributed by atoms with Gasteiger partial charge in [-0.2, -0.15) is 0 Å². The Morgan fingerprint density at radius 1 is 0.915 bits per heavy atom. The quantitative estimate of drug-likeness (QED) is 0.110. The summed E-state index contributed by atoms with van der Waals surface area (Å²) in [5.41, 5.74) is 9.62. The van der Waals surface area contributed by atoms with Crippen molar-refractivity contribution in [1.29, 1.82) is 0 Å². The van der Waals surface area contributed by atoms with Crippen LogP contribution in [0.3, 0.4) is 0 Å². The van der Waals surface area contributed by atoms with Crippen LogP contribution in [-0.4, -0.2) is 19.2 Å². The highest BCUT2D eigenvalue weighted by Gasteiger charge is 2.52. The lowest BCUT2D eigenvalue weighted by Crippen LogP contribution is -2.68. The van der Waals surface area contributed by atoms with E-state index in [0.717, 1.165) is 33.7 Å². The molecule has 0 bridgehead atoms. The summed E-state index contributed by atoms with van der Waals surface area (Å²) < 4.78 is 21.6. The van der Waals surface area contributed by atoms with Gasteiger partial charge in [0.05, 0.1) is 6.20 Å². The van der Waals surface area contributed by atoms with Gasteiger partial charge in [0.2, 0.25) is 5.91 Å². The van der Waals surface area contributed by atoms with Crippen molar-refractivity contribution in [3.8, 4) is 16.9 Å².